The highest BCUT2D eigenvalue weighted by Gasteiger charge is 2.40. The molecule has 0 fully saturated rings. The fourth-order valence-electron chi connectivity index (χ4n) is 6.13. The third-order valence-corrected chi connectivity index (χ3v) is 7.66. The minimum absolute atomic E-state index is 0.286. The van der Waals surface area contributed by atoms with Crippen molar-refractivity contribution in [3.05, 3.63) is 125 Å². The van der Waals surface area contributed by atoms with Crippen molar-refractivity contribution in [2.24, 2.45) is 0 Å². The van der Waals surface area contributed by atoms with E-state index in [4.69, 9.17) is 0 Å². The Labute approximate surface area is 226 Å². The number of carbonyl (C=O) groups is 2. The summed E-state index contributed by atoms with van der Waals surface area (Å²) in [6.07, 6.45) is 3.63. The van der Waals surface area contributed by atoms with Crippen LogP contribution in [-0.4, -0.2) is 21.4 Å². The first kappa shape index (κ1) is 23.1. The quantitative estimate of drug-likeness (QED) is 0.232. The third kappa shape index (κ3) is 3.36. The van der Waals surface area contributed by atoms with Gasteiger partial charge in [-0.2, -0.15) is 0 Å². The summed E-state index contributed by atoms with van der Waals surface area (Å²) in [5, 5.41) is 2.15. The molecule has 0 radical (unpaired) electrons. The van der Waals surface area contributed by atoms with E-state index in [1.165, 1.54) is 4.90 Å². The van der Waals surface area contributed by atoms with Crippen LogP contribution < -0.4 is 4.90 Å². The molecule has 188 valence electrons. The smallest absolute Gasteiger partial charge is 0.268 e. The molecule has 2 aromatic heterocycles. The van der Waals surface area contributed by atoms with Gasteiger partial charge in [-0.3, -0.25) is 14.6 Å². The Morgan fingerprint density at radius 3 is 2.21 bits per heavy atom. The van der Waals surface area contributed by atoms with Crippen molar-refractivity contribution in [3.63, 3.8) is 0 Å². The van der Waals surface area contributed by atoms with Gasteiger partial charge < -0.3 is 4.57 Å². The molecule has 4 aromatic carbocycles. The molecule has 0 aliphatic carbocycles. The van der Waals surface area contributed by atoms with Crippen LogP contribution in [0.5, 0.6) is 0 Å². The monoisotopic (exact) mass is 507 g/mol. The number of hydrogen-bond acceptors (Lipinski definition) is 3. The molecule has 0 saturated heterocycles. The maximum atomic E-state index is 14.1. The number of aromatic nitrogens is 2. The summed E-state index contributed by atoms with van der Waals surface area (Å²) in [5.74, 6) is -0.579. The molecule has 0 unspecified atom stereocenters. The number of pyridine rings is 1. The topological polar surface area (TPSA) is 55.2 Å². The third-order valence-electron chi connectivity index (χ3n) is 7.66. The van der Waals surface area contributed by atoms with Gasteiger partial charge >= 0.3 is 0 Å². The number of anilines is 1. The molecule has 5 heteroatoms. The summed E-state index contributed by atoms with van der Waals surface area (Å²) in [6, 6.07) is 28.1. The lowest BCUT2D eigenvalue weighted by molar-refractivity contribution is 0.0925. The average Bonchev–Trinajstić information content (AvgIpc) is 3.40. The Morgan fingerprint density at radius 2 is 1.44 bits per heavy atom. The number of nitrogens with zero attached hydrogens (tertiary/aromatic N) is 3. The van der Waals surface area contributed by atoms with E-state index in [1.54, 1.807) is 12.3 Å². The van der Waals surface area contributed by atoms with Gasteiger partial charge in [0, 0.05) is 28.7 Å². The zero-order valence-electron chi connectivity index (χ0n) is 21.9. The lowest BCUT2D eigenvalue weighted by Gasteiger charge is -2.20. The van der Waals surface area contributed by atoms with E-state index in [0.717, 1.165) is 49.6 Å². The number of amides is 2. The number of carbonyl (C=O) groups excluding carboxylic acids is 2. The van der Waals surface area contributed by atoms with Crippen LogP contribution in [0.25, 0.3) is 38.6 Å². The molecule has 0 spiro atoms. The first-order valence-corrected chi connectivity index (χ1v) is 13.0. The van der Waals surface area contributed by atoms with Crippen LogP contribution >= 0.6 is 0 Å². The van der Waals surface area contributed by atoms with Gasteiger partial charge in [-0.1, -0.05) is 54.1 Å². The second-order valence-corrected chi connectivity index (χ2v) is 10.2. The largest absolute Gasteiger partial charge is 0.308 e. The minimum Gasteiger partial charge on any atom is -0.308 e. The fourth-order valence-corrected chi connectivity index (χ4v) is 6.13. The highest BCUT2D eigenvalue weighted by Crippen LogP contribution is 2.40. The van der Waals surface area contributed by atoms with Crippen LogP contribution in [0.3, 0.4) is 0 Å². The molecule has 0 saturated carbocycles. The molecule has 2 amide bonds. The molecule has 39 heavy (non-hydrogen) atoms. The van der Waals surface area contributed by atoms with E-state index in [-0.39, 0.29) is 11.8 Å². The van der Waals surface area contributed by atoms with E-state index >= 15 is 0 Å². The summed E-state index contributed by atoms with van der Waals surface area (Å²) in [4.78, 5) is 33.5. The zero-order valence-corrected chi connectivity index (χ0v) is 21.9. The number of rotatable bonds is 3. The summed E-state index contributed by atoms with van der Waals surface area (Å²) in [5.41, 5.74) is 9.20. The van der Waals surface area contributed by atoms with Crippen LogP contribution in [0.1, 0.15) is 37.4 Å². The molecular weight excluding hydrogens is 482 g/mol. The van der Waals surface area contributed by atoms with Crippen LogP contribution in [-0.2, 0) is 0 Å². The Hall–Kier alpha value is -5.03. The van der Waals surface area contributed by atoms with Gasteiger partial charge in [-0.05, 0) is 73.9 Å². The van der Waals surface area contributed by atoms with Gasteiger partial charge in [0.2, 0.25) is 0 Å². The van der Waals surface area contributed by atoms with Gasteiger partial charge in [0.25, 0.3) is 11.8 Å². The lowest BCUT2D eigenvalue weighted by atomic mass is 10.0. The number of fused-ring (bicyclic) bond motifs is 4. The van der Waals surface area contributed by atoms with E-state index in [2.05, 4.69) is 39.9 Å². The second-order valence-electron chi connectivity index (χ2n) is 10.2. The molecule has 1 aliphatic rings. The molecule has 6 aromatic rings. The fraction of sp³-hybridized carbons (Fsp3) is 0.0882. The molecule has 0 atom stereocenters. The summed E-state index contributed by atoms with van der Waals surface area (Å²) in [7, 11) is 0. The Kier molecular flexibility index (Phi) is 5.04. The van der Waals surface area contributed by atoms with Gasteiger partial charge in [-0.25, -0.2) is 4.90 Å². The van der Waals surface area contributed by atoms with E-state index in [0.29, 0.717) is 22.5 Å². The predicted octanol–water partition coefficient (Wildman–Crippen LogP) is 7.57. The predicted molar refractivity (Wildman–Crippen MR) is 156 cm³/mol. The summed E-state index contributed by atoms with van der Waals surface area (Å²) < 4.78 is 2.11. The first-order valence-electron chi connectivity index (χ1n) is 13.0. The van der Waals surface area contributed by atoms with Crippen LogP contribution in [0.15, 0.2) is 97.3 Å². The Balaban J connectivity index is 1.47. The molecule has 3 heterocycles. The van der Waals surface area contributed by atoms with E-state index in [9.17, 15) is 9.59 Å². The van der Waals surface area contributed by atoms with Crippen molar-refractivity contribution in [1.29, 1.82) is 0 Å². The van der Waals surface area contributed by atoms with Crippen molar-refractivity contribution in [3.8, 4) is 16.8 Å². The van der Waals surface area contributed by atoms with Crippen LogP contribution in [0.2, 0.25) is 0 Å². The van der Waals surface area contributed by atoms with E-state index < -0.39 is 0 Å². The maximum absolute atomic E-state index is 14.1. The molecule has 0 N–H and O–H groups in total. The molecule has 0 bridgehead atoms. The van der Waals surface area contributed by atoms with Crippen molar-refractivity contribution < 1.29 is 9.59 Å². The van der Waals surface area contributed by atoms with Crippen molar-refractivity contribution in [2.75, 3.05) is 4.90 Å². The van der Waals surface area contributed by atoms with Crippen LogP contribution in [0, 0.1) is 20.8 Å². The maximum Gasteiger partial charge on any atom is 0.268 e. The summed E-state index contributed by atoms with van der Waals surface area (Å²) in [6.45, 7) is 5.92. The molecule has 5 nitrogen and oxygen atoms in total. The standard InChI is InChI=1S/C34H25N3O2/c1-20-16-21(2)32(22(3)17-20)37-33(38)26-10-6-12-30(31(26)34(37)39)36-28-11-5-4-9-25(28)27-18-23(13-14-29(27)36)24-8-7-15-35-19-24/h4-19H,1-3H3. The highest BCUT2D eigenvalue weighted by atomic mass is 16.2. The summed E-state index contributed by atoms with van der Waals surface area (Å²) >= 11 is 0. The molecule has 1 aliphatic heterocycles. The Bertz CT molecular complexity index is 1960. The first-order chi connectivity index (χ1) is 18.9. The normalized spacial score (nSPS) is 13.1. The number of hydrogen-bond donors (Lipinski definition) is 0. The van der Waals surface area contributed by atoms with Gasteiger partial charge in [0.05, 0.1) is 33.5 Å². The van der Waals surface area contributed by atoms with Gasteiger partial charge in [-0.15, -0.1) is 0 Å². The van der Waals surface area contributed by atoms with Gasteiger partial charge in [0.15, 0.2) is 0 Å². The second kappa shape index (κ2) is 8.50. The SMILES string of the molecule is Cc1cc(C)c(N2C(=O)c3cccc(-n4c5ccccc5c5cc(-c6cccnc6)ccc54)c3C2=O)c(C)c1. The van der Waals surface area contributed by atoms with Crippen molar-refractivity contribution in [1.82, 2.24) is 9.55 Å². The van der Waals surface area contributed by atoms with Crippen LogP contribution in [0.4, 0.5) is 5.69 Å². The molecule has 7 rings (SSSR count). The average molecular weight is 508 g/mol. The number of para-hydroxylation sites is 1. The lowest BCUT2D eigenvalue weighted by Crippen LogP contribution is -2.31. The van der Waals surface area contributed by atoms with E-state index in [1.807, 2.05) is 75.5 Å². The number of benzene rings is 4. The van der Waals surface area contributed by atoms with Crippen molar-refractivity contribution in [2.45, 2.75) is 20.8 Å². The zero-order chi connectivity index (χ0) is 26.8. The number of imide groups is 1. The van der Waals surface area contributed by atoms with Crippen molar-refractivity contribution >= 4 is 39.3 Å². The van der Waals surface area contributed by atoms with Gasteiger partial charge in [0.1, 0.15) is 0 Å². The Morgan fingerprint density at radius 1 is 0.667 bits per heavy atom. The molecular formula is C34H25N3O2. The number of aryl methyl sites for hydroxylation is 3. The highest BCUT2D eigenvalue weighted by molar-refractivity contribution is 6.36. The minimum atomic E-state index is -0.293.